The van der Waals surface area contributed by atoms with Gasteiger partial charge in [0.25, 0.3) is 0 Å². The minimum absolute atomic E-state index is 0.872. The van der Waals surface area contributed by atoms with E-state index >= 15 is 0 Å². The smallest absolute Gasteiger partial charge is 0.277 e. The standard InChI is InChI=1S/C12H11Cl2OPS/c1-8-6-11-9(2)4-3-5-10(11)12(7-8)17-16(13,14)15/h3-7H,1-2H3. The molecule has 0 aliphatic carbocycles. The fraction of sp³-hybridized carbons (Fsp3) is 0.167. The van der Waals surface area contributed by atoms with Gasteiger partial charge in [0.05, 0.1) is 0 Å². The molecule has 0 heterocycles. The largest absolute Gasteiger partial charge is 0.311 e. The average Bonchev–Trinajstić information content (AvgIpc) is 2.17. The van der Waals surface area contributed by atoms with Crippen molar-refractivity contribution >= 4 is 49.7 Å². The van der Waals surface area contributed by atoms with Crippen LogP contribution in [0.3, 0.4) is 0 Å². The third-order valence-corrected chi connectivity index (χ3v) is 5.74. The molecule has 0 aliphatic heterocycles. The quantitative estimate of drug-likeness (QED) is 0.620. The Morgan fingerprint density at radius 3 is 2.47 bits per heavy atom. The van der Waals surface area contributed by atoms with Gasteiger partial charge in [-0.05, 0) is 75.7 Å². The van der Waals surface area contributed by atoms with Crippen LogP contribution in [0.2, 0.25) is 0 Å². The van der Waals surface area contributed by atoms with Crippen LogP contribution in [0.1, 0.15) is 11.1 Å². The van der Waals surface area contributed by atoms with Crippen molar-refractivity contribution in [3.05, 3.63) is 41.5 Å². The first kappa shape index (κ1) is 13.3. The highest BCUT2D eigenvalue weighted by Gasteiger charge is 2.18. The van der Waals surface area contributed by atoms with E-state index in [-0.39, 0.29) is 0 Å². The van der Waals surface area contributed by atoms with E-state index in [1.807, 2.05) is 25.1 Å². The van der Waals surface area contributed by atoms with Crippen LogP contribution >= 0.6 is 38.9 Å². The van der Waals surface area contributed by atoms with E-state index in [1.54, 1.807) is 0 Å². The van der Waals surface area contributed by atoms with Crippen molar-refractivity contribution in [2.24, 2.45) is 0 Å². The summed E-state index contributed by atoms with van der Waals surface area (Å²) in [5.41, 5.74) is 2.29. The Morgan fingerprint density at radius 2 is 1.82 bits per heavy atom. The summed E-state index contributed by atoms with van der Waals surface area (Å²) in [6.07, 6.45) is 0. The summed E-state index contributed by atoms with van der Waals surface area (Å²) in [6.45, 7) is 4.06. The normalized spacial score (nSPS) is 12.0. The minimum atomic E-state index is -3.17. The third kappa shape index (κ3) is 3.20. The Hall–Kier alpha value is -0.140. The molecule has 0 bridgehead atoms. The molecule has 5 heteroatoms. The van der Waals surface area contributed by atoms with Gasteiger partial charge in [0.1, 0.15) is 0 Å². The van der Waals surface area contributed by atoms with Gasteiger partial charge in [0, 0.05) is 4.90 Å². The molecular weight excluding hydrogens is 294 g/mol. The highest BCUT2D eigenvalue weighted by Crippen LogP contribution is 2.71. The summed E-state index contributed by atoms with van der Waals surface area (Å²) in [5.74, 6) is 0. The lowest BCUT2D eigenvalue weighted by molar-refractivity contribution is 0.600. The Morgan fingerprint density at radius 1 is 1.12 bits per heavy atom. The predicted molar refractivity (Wildman–Crippen MR) is 78.6 cm³/mol. The molecular formula is C12H11Cl2OPS. The van der Waals surface area contributed by atoms with Crippen LogP contribution in [0.15, 0.2) is 35.2 Å². The van der Waals surface area contributed by atoms with Gasteiger partial charge in [-0.1, -0.05) is 24.3 Å². The second-order valence-corrected chi connectivity index (χ2v) is 12.1. The highest BCUT2D eigenvalue weighted by molar-refractivity contribution is 8.72. The summed E-state index contributed by atoms with van der Waals surface area (Å²) >= 11 is 12.3. The molecule has 0 atom stereocenters. The van der Waals surface area contributed by atoms with Gasteiger partial charge in [-0.2, -0.15) is 0 Å². The second kappa shape index (κ2) is 4.85. The van der Waals surface area contributed by atoms with Crippen LogP contribution in [-0.2, 0) is 4.57 Å². The zero-order chi connectivity index (χ0) is 12.6. The van der Waals surface area contributed by atoms with Crippen molar-refractivity contribution in [2.45, 2.75) is 18.7 Å². The summed E-state index contributed by atoms with van der Waals surface area (Å²) < 4.78 is 11.5. The van der Waals surface area contributed by atoms with Crippen LogP contribution in [0.25, 0.3) is 10.8 Å². The Labute approximate surface area is 114 Å². The number of hydrogen-bond donors (Lipinski definition) is 0. The number of rotatable bonds is 2. The number of fused-ring (bicyclic) bond motifs is 1. The van der Waals surface area contributed by atoms with E-state index in [0.29, 0.717) is 0 Å². The lowest BCUT2D eigenvalue weighted by Crippen LogP contribution is -1.83. The van der Waals surface area contributed by atoms with Crippen LogP contribution in [0, 0.1) is 13.8 Å². The summed E-state index contributed by atoms with van der Waals surface area (Å²) in [4.78, 5) is 0.872. The van der Waals surface area contributed by atoms with Gasteiger partial charge < -0.3 is 0 Å². The van der Waals surface area contributed by atoms with Gasteiger partial charge in [0.2, 0.25) is 0 Å². The summed E-state index contributed by atoms with van der Waals surface area (Å²) in [5, 5.41) is -0.972. The number of benzene rings is 2. The van der Waals surface area contributed by atoms with Crippen LogP contribution in [0.5, 0.6) is 0 Å². The molecule has 90 valence electrons. The number of hydrogen-bond acceptors (Lipinski definition) is 2. The van der Waals surface area contributed by atoms with Gasteiger partial charge in [-0.25, -0.2) is 0 Å². The Kier molecular flexibility index (Phi) is 3.80. The molecule has 0 N–H and O–H groups in total. The van der Waals surface area contributed by atoms with Crippen LogP contribution in [0.4, 0.5) is 0 Å². The van der Waals surface area contributed by atoms with Gasteiger partial charge in [-0.15, -0.1) is 0 Å². The van der Waals surface area contributed by atoms with Crippen molar-refractivity contribution in [1.82, 2.24) is 0 Å². The van der Waals surface area contributed by atoms with Gasteiger partial charge in [0.15, 0.2) is 0 Å². The van der Waals surface area contributed by atoms with E-state index < -0.39 is 5.05 Å². The molecule has 17 heavy (non-hydrogen) atoms. The SMILES string of the molecule is Cc1cc(SP(=O)(Cl)Cl)c2cccc(C)c2c1. The van der Waals surface area contributed by atoms with Gasteiger partial charge >= 0.3 is 5.05 Å². The van der Waals surface area contributed by atoms with E-state index in [1.165, 1.54) is 5.56 Å². The van der Waals surface area contributed by atoms with E-state index in [0.717, 1.165) is 32.6 Å². The molecule has 0 amide bonds. The molecule has 2 rings (SSSR count). The lowest BCUT2D eigenvalue weighted by atomic mass is 10.0. The molecule has 0 aromatic heterocycles. The average molecular weight is 305 g/mol. The van der Waals surface area contributed by atoms with Crippen LogP contribution in [-0.4, -0.2) is 0 Å². The van der Waals surface area contributed by atoms with Crippen molar-refractivity contribution in [3.8, 4) is 0 Å². The molecule has 0 unspecified atom stereocenters. The molecule has 2 aromatic carbocycles. The van der Waals surface area contributed by atoms with Crippen molar-refractivity contribution in [2.75, 3.05) is 0 Å². The maximum atomic E-state index is 11.5. The lowest BCUT2D eigenvalue weighted by Gasteiger charge is -2.10. The monoisotopic (exact) mass is 304 g/mol. The molecule has 2 aromatic rings. The minimum Gasteiger partial charge on any atom is -0.277 e. The zero-order valence-corrected chi connectivity index (χ0v) is 12.6. The maximum Gasteiger partial charge on any atom is 0.311 e. The third-order valence-electron chi connectivity index (χ3n) is 2.52. The summed E-state index contributed by atoms with van der Waals surface area (Å²) in [6, 6.07) is 10.1. The summed E-state index contributed by atoms with van der Waals surface area (Å²) in [7, 11) is 0. The van der Waals surface area contributed by atoms with E-state index in [4.69, 9.17) is 22.5 Å². The highest BCUT2D eigenvalue weighted by atomic mass is 35.9. The fourth-order valence-corrected chi connectivity index (χ4v) is 5.05. The topological polar surface area (TPSA) is 17.1 Å². The molecule has 0 aliphatic rings. The van der Waals surface area contributed by atoms with Crippen molar-refractivity contribution in [3.63, 3.8) is 0 Å². The fourth-order valence-electron chi connectivity index (χ4n) is 1.83. The first-order valence-corrected chi connectivity index (χ1v) is 9.99. The van der Waals surface area contributed by atoms with E-state index in [9.17, 15) is 4.57 Å². The number of aryl methyl sites for hydroxylation is 2. The molecule has 0 saturated carbocycles. The van der Waals surface area contributed by atoms with E-state index in [2.05, 4.69) is 19.1 Å². The van der Waals surface area contributed by atoms with Crippen LogP contribution < -0.4 is 0 Å². The zero-order valence-electron chi connectivity index (χ0n) is 9.41. The molecule has 0 saturated heterocycles. The molecule has 1 nitrogen and oxygen atoms in total. The maximum absolute atomic E-state index is 11.5. The van der Waals surface area contributed by atoms with Gasteiger partial charge in [-0.3, -0.25) is 4.57 Å². The second-order valence-electron chi connectivity index (χ2n) is 3.94. The Bertz CT molecular complexity index is 621. The number of halogens is 2. The Balaban J connectivity index is 2.70. The first-order chi connectivity index (χ1) is 7.87. The first-order valence-electron chi connectivity index (χ1n) is 5.06. The predicted octanol–water partition coefficient (Wildman–Crippen LogP) is 6.13. The molecule has 0 fully saturated rings. The molecule has 0 spiro atoms. The van der Waals surface area contributed by atoms with Crippen molar-refractivity contribution < 1.29 is 4.57 Å². The van der Waals surface area contributed by atoms with Crippen molar-refractivity contribution in [1.29, 1.82) is 0 Å². The molecule has 0 radical (unpaired) electrons.